The lowest BCUT2D eigenvalue weighted by Crippen LogP contribution is -2.36. The van der Waals surface area contributed by atoms with Crippen LogP contribution in [0.25, 0.3) is 6.08 Å². The Morgan fingerprint density at radius 2 is 1.82 bits per heavy atom. The highest BCUT2D eigenvalue weighted by Crippen LogP contribution is 2.39. The van der Waals surface area contributed by atoms with Crippen LogP contribution in [0.4, 0.5) is 10.5 Å². The molecule has 1 heterocycles. The second-order valence-electron chi connectivity index (χ2n) is 7.97. The van der Waals surface area contributed by atoms with Gasteiger partial charge >= 0.3 is 0 Å². The van der Waals surface area contributed by atoms with E-state index in [-0.39, 0.29) is 16.5 Å². The molecule has 1 saturated heterocycles. The van der Waals surface area contributed by atoms with E-state index in [0.29, 0.717) is 38.9 Å². The van der Waals surface area contributed by atoms with Crippen molar-refractivity contribution < 1.29 is 23.9 Å². The van der Waals surface area contributed by atoms with Crippen LogP contribution in [0.5, 0.6) is 11.5 Å². The van der Waals surface area contributed by atoms with Crippen LogP contribution in [0.3, 0.4) is 0 Å². The van der Waals surface area contributed by atoms with Gasteiger partial charge in [0.15, 0.2) is 11.5 Å². The monoisotopic (exact) mass is 634 g/mol. The fourth-order valence-electron chi connectivity index (χ4n) is 3.49. The lowest BCUT2D eigenvalue weighted by molar-refractivity contribution is -0.127. The minimum Gasteiger partial charge on any atom is -0.490 e. The molecule has 0 bridgehead atoms. The summed E-state index contributed by atoms with van der Waals surface area (Å²) in [6.07, 6.45) is 1.54. The van der Waals surface area contributed by atoms with Gasteiger partial charge in [0, 0.05) is 9.50 Å². The lowest BCUT2D eigenvalue weighted by Gasteiger charge is -2.15. The molecule has 1 fully saturated rings. The number of ether oxygens (including phenoxy) is 2. The molecule has 0 unspecified atom stereocenters. The minimum absolute atomic E-state index is 0.164. The maximum atomic E-state index is 12.9. The molecule has 11 heteroatoms. The highest BCUT2D eigenvalue weighted by Gasteiger charge is 2.36. The van der Waals surface area contributed by atoms with Gasteiger partial charge in [-0.05, 0) is 88.2 Å². The predicted octanol–water partition coefficient (Wildman–Crippen LogP) is 7.41. The molecule has 1 aliphatic heterocycles. The van der Waals surface area contributed by atoms with E-state index in [1.165, 1.54) is 6.08 Å². The summed E-state index contributed by atoms with van der Waals surface area (Å²) in [6, 6.07) is 17.6. The second-order valence-corrected chi connectivity index (χ2v) is 10.7. The molecule has 0 saturated carbocycles. The minimum atomic E-state index is -0.570. The Morgan fingerprint density at radius 3 is 2.53 bits per heavy atom. The second kappa shape index (κ2) is 12.7. The van der Waals surface area contributed by atoms with Gasteiger partial charge in [-0.25, -0.2) is 0 Å². The van der Waals surface area contributed by atoms with Crippen LogP contribution in [0, 0.1) is 0 Å². The topological polar surface area (TPSA) is 84.9 Å². The molecule has 1 aliphatic rings. The lowest BCUT2D eigenvalue weighted by atomic mass is 10.1. The van der Waals surface area contributed by atoms with Gasteiger partial charge in [-0.2, -0.15) is 0 Å². The Labute approximate surface area is 242 Å². The number of imide groups is 1. The first-order valence-corrected chi connectivity index (χ1v) is 13.7. The first-order valence-electron chi connectivity index (χ1n) is 11.4. The van der Waals surface area contributed by atoms with Crippen molar-refractivity contribution in [3.63, 3.8) is 0 Å². The number of anilines is 1. The fraction of sp³-hybridized carbons (Fsp3) is 0.148. The summed E-state index contributed by atoms with van der Waals surface area (Å²) in [4.78, 5) is 39.0. The third-order valence-electron chi connectivity index (χ3n) is 5.25. The number of nitrogens with zero attached hydrogens (tertiary/aromatic N) is 1. The first-order chi connectivity index (χ1) is 18.2. The molecule has 0 atom stereocenters. The van der Waals surface area contributed by atoms with Crippen LogP contribution in [-0.2, 0) is 16.2 Å². The molecule has 1 N–H and O–H groups in total. The molecular weight excluding hydrogens is 615 g/mol. The van der Waals surface area contributed by atoms with Crippen molar-refractivity contribution in [3.8, 4) is 11.5 Å². The molecule has 0 aromatic heterocycles. The van der Waals surface area contributed by atoms with E-state index < -0.39 is 23.6 Å². The maximum Gasteiger partial charge on any atom is 0.294 e. The zero-order valence-corrected chi connectivity index (χ0v) is 23.9. The first kappa shape index (κ1) is 28.0. The van der Waals surface area contributed by atoms with Crippen LogP contribution in [0.15, 0.2) is 70.0 Å². The van der Waals surface area contributed by atoms with Crippen LogP contribution in [0.2, 0.25) is 10.0 Å². The van der Waals surface area contributed by atoms with E-state index in [4.69, 9.17) is 32.7 Å². The average molecular weight is 636 g/mol. The predicted molar refractivity (Wildman–Crippen MR) is 154 cm³/mol. The zero-order valence-electron chi connectivity index (χ0n) is 20.0. The van der Waals surface area contributed by atoms with Crippen molar-refractivity contribution in [3.05, 3.63) is 91.2 Å². The van der Waals surface area contributed by atoms with Crippen LogP contribution in [0.1, 0.15) is 18.1 Å². The highest BCUT2D eigenvalue weighted by molar-refractivity contribution is 9.10. The number of halogens is 3. The molecule has 3 aromatic carbocycles. The number of carbonyl (C=O) groups excluding carboxylic acids is 3. The van der Waals surface area contributed by atoms with Gasteiger partial charge in [-0.3, -0.25) is 19.3 Å². The molecule has 0 aliphatic carbocycles. The Bertz CT molecular complexity index is 1420. The summed E-state index contributed by atoms with van der Waals surface area (Å²) in [6.45, 7) is 2.02. The average Bonchev–Trinajstić information content (AvgIpc) is 3.13. The van der Waals surface area contributed by atoms with Crippen molar-refractivity contribution in [1.29, 1.82) is 0 Å². The molecule has 0 radical (unpaired) electrons. The molecule has 4 rings (SSSR count). The van der Waals surface area contributed by atoms with Gasteiger partial charge in [0.25, 0.3) is 11.1 Å². The molecular formula is C27H21BrCl2N2O5S. The third-order valence-corrected chi connectivity index (χ3v) is 7.38. The van der Waals surface area contributed by atoms with E-state index in [1.54, 1.807) is 42.5 Å². The summed E-state index contributed by atoms with van der Waals surface area (Å²) >= 11 is 16.6. The Hall–Kier alpha value is -2.98. The summed E-state index contributed by atoms with van der Waals surface area (Å²) in [7, 11) is 0. The highest BCUT2D eigenvalue weighted by atomic mass is 79.9. The number of amides is 3. The number of hydrogen-bond acceptors (Lipinski definition) is 6. The van der Waals surface area contributed by atoms with Gasteiger partial charge in [0.1, 0.15) is 13.2 Å². The van der Waals surface area contributed by atoms with E-state index in [2.05, 4.69) is 21.2 Å². The zero-order chi connectivity index (χ0) is 27.2. The van der Waals surface area contributed by atoms with Crippen LogP contribution in [-0.4, -0.2) is 35.1 Å². The van der Waals surface area contributed by atoms with E-state index in [9.17, 15) is 14.4 Å². The maximum absolute atomic E-state index is 12.9. The number of nitrogens with one attached hydrogen (secondary N) is 1. The van der Waals surface area contributed by atoms with Crippen LogP contribution >= 0.6 is 50.9 Å². The summed E-state index contributed by atoms with van der Waals surface area (Å²) in [5.74, 6) is -0.312. The number of rotatable bonds is 9. The quantitative estimate of drug-likeness (QED) is 0.247. The van der Waals surface area contributed by atoms with Gasteiger partial charge in [0.05, 0.1) is 22.2 Å². The number of hydrogen-bond donors (Lipinski definition) is 1. The Morgan fingerprint density at radius 1 is 1.08 bits per heavy atom. The van der Waals surface area contributed by atoms with Crippen molar-refractivity contribution in [2.75, 3.05) is 18.5 Å². The third kappa shape index (κ3) is 6.91. The summed E-state index contributed by atoms with van der Waals surface area (Å²) < 4.78 is 12.3. The smallest absolute Gasteiger partial charge is 0.294 e. The number of benzene rings is 3. The van der Waals surface area contributed by atoms with Crippen molar-refractivity contribution >= 4 is 79.7 Å². The molecule has 196 valence electrons. The van der Waals surface area contributed by atoms with Crippen molar-refractivity contribution in [1.82, 2.24) is 4.90 Å². The van der Waals surface area contributed by atoms with Crippen molar-refractivity contribution in [2.45, 2.75) is 13.5 Å². The van der Waals surface area contributed by atoms with Gasteiger partial charge in [0.2, 0.25) is 5.91 Å². The molecule has 3 amide bonds. The molecule has 3 aromatic rings. The Kier molecular flexibility index (Phi) is 9.38. The van der Waals surface area contributed by atoms with E-state index in [0.717, 1.165) is 22.2 Å². The van der Waals surface area contributed by atoms with Crippen LogP contribution < -0.4 is 14.8 Å². The number of para-hydroxylation sites is 1. The van der Waals surface area contributed by atoms with Gasteiger partial charge in [-0.1, -0.05) is 47.5 Å². The Balaban J connectivity index is 1.49. The summed E-state index contributed by atoms with van der Waals surface area (Å²) in [5, 5.41) is 3.06. The fourth-order valence-corrected chi connectivity index (χ4v) is 5.12. The SMILES string of the molecule is CCOc1cc(/C=C2/SC(=O)N(CC(=O)Nc3ccccc3Br)C2=O)cc(Cl)c1OCc1ccc(Cl)cc1. The molecule has 7 nitrogen and oxygen atoms in total. The van der Waals surface area contributed by atoms with E-state index in [1.807, 2.05) is 25.1 Å². The normalized spacial score (nSPS) is 14.2. The number of carbonyl (C=O) groups is 3. The standard InChI is InChI=1S/C27H21BrCl2N2O5S/c1-2-36-22-12-17(11-20(30)25(22)37-15-16-7-9-18(29)10-8-16)13-23-26(34)32(27(35)38-23)14-24(33)31-21-6-4-3-5-19(21)28/h3-13H,2,14-15H2,1H3,(H,31,33)/b23-13+. The van der Waals surface area contributed by atoms with E-state index >= 15 is 0 Å². The van der Waals surface area contributed by atoms with Crippen molar-refractivity contribution in [2.24, 2.45) is 0 Å². The number of thioether (sulfide) groups is 1. The van der Waals surface area contributed by atoms with Gasteiger partial charge in [-0.15, -0.1) is 0 Å². The van der Waals surface area contributed by atoms with Gasteiger partial charge < -0.3 is 14.8 Å². The molecule has 38 heavy (non-hydrogen) atoms. The summed E-state index contributed by atoms with van der Waals surface area (Å²) in [5.41, 5.74) is 1.98. The largest absolute Gasteiger partial charge is 0.490 e. The molecule has 0 spiro atoms.